The monoisotopic (exact) mass is 394 g/mol. The first-order valence-electron chi connectivity index (χ1n) is 7.07. The van der Waals surface area contributed by atoms with Gasteiger partial charge in [0.25, 0.3) is 0 Å². The van der Waals surface area contributed by atoms with Gasteiger partial charge in [-0.05, 0) is 54.9 Å². The van der Waals surface area contributed by atoms with Crippen LogP contribution in [0.5, 0.6) is 0 Å². The molecule has 0 aliphatic carbocycles. The maximum atomic E-state index is 12.7. The quantitative estimate of drug-likeness (QED) is 0.802. The van der Waals surface area contributed by atoms with Crippen LogP contribution in [0.2, 0.25) is 0 Å². The van der Waals surface area contributed by atoms with Crippen LogP contribution < -0.4 is 5.32 Å². The summed E-state index contributed by atoms with van der Waals surface area (Å²) in [6, 6.07) is 3.32. The number of halogens is 4. The largest absolute Gasteiger partial charge is 0.444 e. The third-order valence-corrected chi connectivity index (χ3v) is 3.88. The average molecular weight is 395 g/mol. The van der Waals surface area contributed by atoms with Crippen molar-refractivity contribution in [3.8, 4) is 0 Å². The first kappa shape index (κ1) is 17.9. The maximum absolute atomic E-state index is 12.7. The number of hydrogen-bond acceptors (Lipinski definition) is 3. The second kappa shape index (κ2) is 6.22. The second-order valence-corrected chi connectivity index (χ2v) is 7.27. The lowest BCUT2D eigenvalue weighted by molar-refractivity contribution is -0.137. The van der Waals surface area contributed by atoms with E-state index in [9.17, 15) is 18.0 Å². The first-order chi connectivity index (χ1) is 10.5. The second-order valence-electron chi connectivity index (χ2n) is 6.42. The lowest BCUT2D eigenvalue weighted by atomic mass is 10.1. The topological polar surface area (TPSA) is 41.6 Å². The number of hydrogen-bond donors (Lipinski definition) is 1. The summed E-state index contributed by atoms with van der Waals surface area (Å²) in [5, 5.41) is 3.01. The number of anilines is 1. The number of benzene rings is 1. The summed E-state index contributed by atoms with van der Waals surface area (Å²) in [6.07, 6.45) is -4.81. The van der Waals surface area contributed by atoms with Gasteiger partial charge in [-0.1, -0.05) is 0 Å². The summed E-state index contributed by atoms with van der Waals surface area (Å²) in [5.41, 5.74) is -0.931. The van der Waals surface area contributed by atoms with Gasteiger partial charge >= 0.3 is 12.3 Å². The molecule has 0 aromatic heterocycles. The minimum absolute atomic E-state index is 0.109. The van der Waals surface area contributed by atoms with Gasteiger partial charge in [0.15, 0.2) is 0 Å². The van der Waals surface area contributed by atoms with E-state index in [1.165, 1.54) is 11.0 Å². The highest BCUT2D eigenvalue weighted by atomic mass is 79.9. The molecule has 1 aliphatic rings. The molecule has 0 radical (unpaired) electrons. The Morgan fingerprint density at radius 1 is 1.30 bits per heavy atom. The Labute approximate surface area is 141 Å². The number of amides is 1. The summed E-state index contributed by atoms with van der Waals surface area (Å²) in [7, 11) is 0. The summed E-state index contributed by atoms with van der Waals surface area (Å²) >= 11 is 3.23. The Hall–Kier alpha value is -1.44. The van der Waals surface area contributed by atoms with Crippen molar-refractivity contribution in [1.29, 1.82) is 0 Å². The molecule has 1 aliphatic heterocycles. The van der Waals surface area contributed by atoms with E-state index in [-0.39, 0.29) is 6.04 Å². The molecule has 8 heteroatoms. The summed E-state index contributed by atoms with van der Waals surface area (Å²) in [6.45, 7) is 6.11. The highest BCUT2D eigenvalue weighted by molar-refractivity contribution is 9.10. The number of nitrogens with zero attached hydrogens (tertiary/aromatic N) is 1. The molecule has 1 aromatic carbocycles. The van der Waals surface area contributed by atoms with Gasteiger partial charge in [-0.15, -0.1) is 0 Å². The van der Waals surface area contributed by atoms with Gasteiger partial charge in [0.2, 0.25) is 0 Å². The fourth-order valence-corrected chi connectivity index (χ4v) is 2.44. The maximum Gasteiger partial charge on any atom is 0.416 e. The molecule has 0 unspecified atom stereocenters. The first-order valence-corrected chi connectivity index (χ1v) is 7.86. The summed E-state index contributed by atoms with van der Waals surface area (Å²) in [4.78, 5) is 13.3. The molecule has 0 atom stereocenters. The predicted octanol–water partition coefficient (Wildman–Crippen LogP) is 4.50. The van der Waals surface area contributed by atoms with Crippen molar-refractivity contribution in [3.05, 3.63) is 28.2 Å². The molecule has 1 N–H and O–H groups in total. The number of rotatable bonds is 2. The van der Waals surface area contributed by atoms with Gasteiger partial charge in [-0.2, -0.15) is 13.2 Å². The van der Waals surface area contributed by atoms with Crippen LogP contribution in [0.4, 0.5) is 23.7 Å². The van der Waals surface area contributed by atoms with Crippen molar-refractivity contribution in [3.63, 3.8) is 0 Å². The molecule has 1 aromatic rings. The molecular formula is C15H18BrF3N2O2. The van der Waals surface area contributed by atoms with Crippen LogP contribution in [0.3, 0.4) is 0 Å². The van der Waals surface area contributed by atoms with Crippen LogP contribution >= 0.6 is 15.9 Å². The van der Waals surface area contributed by atoms with Crippen LogP contribution in [0.25, 0.3) is 0 Å². The zero-order valence-electron chi connectivity index (χ0n) is 13.0. The fourth-order valence-electron chi connectivity index (χ4n) is 2.08. The number of nitrogens with one attached hydrogen (secondary N) is 1. The van der Waals surface area contributed by atoms with E-state index in [1.807, 2.05) is 0 Å². The molecule has 0 saturated carbocycles. The molecule has 0 spiro atoms. The van der Waals surface area contributed by atoms with E-state index in [0.29, 0.717) is 23.2 Å². The van der Waals surface area contributed by atoms with Crippen molar-refractivity contribution < 1.29 is 22.7 Å². The highest BCUT2D eigenvalue weighted by Crippen LogP contribution is 2.34. The smallest absolute Gasteiger partial charge is 0.416 e. The van der Waals surface area contributed by atoms with Crippen molar-refractivity contribution >= 4 is 27.7 Å². The van der Waals surface area contributed by atoms with E-state index in [1.54, 1.807) is 20.8 Å². The van der Waals surface area contributed by atoms with E-state index in [4.69, 9.17) is 4.74 Å². The van der Waals surface area contributed by atoms with Crippen LogP contribution in [0.15, 0.2) is 22.7 Å². The standard InChI is InChI=1S/C15H18BrF3N2O2/c1-14(2,3)23-13(22)21-7-10(8-21)20-12-6-9(15(17,18)19)4-5-11(12)16/h4-6,10,20H,7-8H2,1-3H3. The van der Waals surface area contributed by atoms with Crippen molar-refractivity contribution in [2.45, 2.75) is 38.6 Å². The molecule has 0 bridgehead atoms. The molecule has 4 nitrogen and oxygen atoms in total. The Bertz CT molecular complexity index is 593. The van der Waals surface area contributed by atoms with E-state index in [2.05, 4.69) is 21.2 Å². The minimum Gasteiger partial charge on any atom is -0.444 e. The van der Waals surface area contributed by atoms with E-state index in [0.717, 1.165) is 12.1 Å². The molecule has 1 amide bonds. The Balaban J connectivity index is 1.94. The van der Waals surface area contributed by atoms with Crippen molar-refractivity contribution in [2.24, 2.45) is 0 Å². The van der Waals surface area contributed by atoms with Gasteiger partial charge in [0.1, 0.15) is 5.60 Å². The van der Waals surface area contributed by atoms with Gasteiger partial charge in [0.05, 0.1) is 11.6 Å². The van der Waals surface area contributed by atoms with Crippen LogP contribution in [0.1, 0.15) is 26.3 Å². The lowest BCUT2D eigenvalue weighted by Gasteiger charge is -2.40. The van der Waals surface area contributed by atoms with Gasteiger partial charge in [0, 0.05) is 23.2 Å². The average Bonchev–Trinajstić information content (AvgIpc) is 2.31. The number of likely N-dealkylation sites (tertiary alicyclic amines) is 1. The third-order valence-electron chi connectivity index (χ3n) is 3.19. The van der Waals surface area contributed by atoms with Gasteiger partial charge in [-0.3, -0.25) is 0 Å². The van der Waals surface area contributed by atoms with Crippen LogP contribution in [-0.2, 0) is 10.9 Å². The number of carbonyl (C=O) groups is 1. The molecule has 1 heterocycles. The fraction of sp³-hybridized carbons (Fsp3) is 0.533. The Kier molecular flexibility index (Phi) is 4.84. The molecule has 1 saturated heterocycles. The van der Waals surface area contributed by atoms with Crippen molar-refractivity contribution in [1.82, 2.24) is 4.90 Å². The summed E-state index contributed by atoms with van der Waals surface area (Å²) in [5.74, 6) is 0. The number of alkyl halides is 3. The van der Waals surface area contributed by atoms with Crippen molar-refractivity contribution in [2.75, 3.05) is 18.4 Å². The van der Waals surface area contributed by atoms with E-state index >= 15 is 0 Å². The van der Waals surface area contributed by atoms with Gasteiger partial charge < -0.3 is 15.0 Å². The van der Waals surface area contributed by atoms with Crippen LogP contribution in [0, 0.1) is 0 Å². The number of ether oxygens (including phenoxy) is 1. The molecule has 128 valence electrons. The zero-order valence-corrected chi connectivity index (χ0v) is 14.6. The molecule has 23 heavy (non-hydrogen) atoms. The minimum atomic E-state index is -4.39. The molecule has 2 rings (SSSR count). The lowest BCUT2D eigenvalue weighted by Crippen LogP contribution is -2.57. The van der Waals surface area contributed by atoms with Crippen LogP contribution in [-0.4, -0.2) is 35.7 Å². The van der Waals surface area contributed by atoms with E-state index < -0.39 is 23.4 Å². The Morgan fingerprint density at radius 2 is 1.91 bits per heavy atom. The summed E-state index contributed by atoms with van der Waals surface area (Å²) < 4.78 is 44.0. The Morgan fingerprint density at radius 3 is 2.43 bits per heavy atom. The van der Waals surface area contributed by atoms with Gasteiger partial charge in [-0.25, -0.2) is 4.79 Å². The molecule has 1 fully saturated rings. The highest BCUT2D eigenvalue weighted by Gasteiger charge is 2.35. The molecular weight excluding hydrogens is 377 g/mol. The normalized spacial score (nSPS) is 16.0. The SMILES string of the molecule is CC(C)(C)OC(=O)N1CC(Nc2cc(C(F)(F)F)ccc2Br)C1. The number of carbonyl (C=O) groups excluding carboxylic acids is 1. The zero-order chi connectivity index (χ0) is 17.4. The predicted molar refractivity (Wildman–Crippen MR) is 84.4 cm³/mol. The third kappa shape index (κ3) is 4.76.